The van der Waals surface area contributed by atoms with Crippen LogP contribution in [-0.4, -0.2) is 32.1 Å². The van der Waals surface area contributed by atoms with Crippen molar-refractivity contribution in [3.05, 3.63) is 89.3 Å². The summed E-state index contributed by atoms with van der Waals surface area (Å²) in [6.07, 6.45) is 0. The standard InChI is InChI=1S/C29H24N2O4S/c1-33-20-10-4-17(5-11-20)23-16-24(18-6-12-21(34-2)13-7-18)31-29-25(23)26(30)28(36-29)27(32)19-8-14-22(35-3)15-9-19/h4-16H,30H2,1-3H3. The van der Waals surface area contributed by atoms with Gasteiger partial charge in [0, 0.05) is 16.5 Å². The Balaban J connectivity index is 1.69. The zero-order chi connectivity index (χ0) is 25.2. The monoisotopic (exact) mass is 496 g/mol. The Hall–Kier alpha value is -4.36. The van der Waals surface area contributed by atoms with Crippen molar-refractivity contribution in [3.63, 3.8) is 0 Å². The van der Waals surface area contributed by atoms with Crippen LogP contribution < -0.4 is 19.9 Å². The summed E-state index contributed by atoms with van der Waals surface area (Å²) >= 11 is 1.30. The smallest absolute Gasteiger partial charge is 0.205 e. The molecule has 0 aliphatic rings. The number of carbonyl (C=O) groups is 1. The molecule has 36 heavy (non-hydrogen) atoms. The third-order valence-corrected chi connectivity index (χ3v) is 7.14. The van der Waals surface area contributed by atoms with Gasteiger partial charge in [-0.1, -0.05) is 12.1 Å². The number of nitrogens with zero attached hydrogens (tertiary/aromatic N) is 1. The molecule has 0 radical (unpaired) electrons. The topological polar surface area (TPSA) is 83.7 Å². The maximum Gasteiger partial charge on any atom is 0.205 e. The van der Waals surface area contributed by atoms with Gasteiger partial charge in [0.25, 0.3) is 0 Å². The number of aromatic nitrogens is 1. The zero-order valence-electron chi connectivity index (χ0n) is 20.1. The van der Waals surface area contributed by atoms with Crippen molar-refractivity contribution in [1.82, 2.24) is 4.98 Å². The van der Waals surface area contributed by atoms with Crippen molar-refractivity contribution in [2.24, 2.45) is 0 Å². The fourth-order valence-electron chi connectivity index (χ4n) is 4.07. The van der Waals surface area contributed by atoms with Gasteiger partial charge in [-0.15, -0.1) is 11.3 Å². The lowest BCUT2D eigenvalue weighted by atomic mass is 9.98. The molecular formula is C29H24N2O4S. The van der Waals surface area contributed by atoms with E-state index in [0.29, 0.717) is 26.7 Å². The van der Waals surface area contributed by atoms with Gasteiger partial charge in [-0.05, 0) is 77.9 Å². The highest BCUT2D eigenvalue weighted by Gasteiger charge is 2.22. The van der Waals surface area contributed by atoms with Crippen LogP contribution in [0.5, 0.6) is 17.2 Å². The first-order valence-electron chi connectivity index (χ1n) is 11.2. The number of nitrogens with two attached hydrogens (primary N) is 1. The molecule has 0 spiro atoms. The van der Waals surface area contributed by atoms with Crippen LogP contribution in [-0.2, 0) is 0 Å². The molecule has 180 valence electrons. The molecule has 2 heterocycles. The number of carbonyl (C=O) groups excluding carboxylic acids is 1. The van der Waals surface area contributed by atoms with E-state index < -0.39 is 0 Å². The fraction of sp³-hybridized carbons (Fsp3) is 0.103. The first-order valence-corrected chi connectivity index (χ1v) is 12.0. The molecule has 3 aromatic carbocycles. The highest BCUT2D eigenvalue weighted by Crippen LogP contribution is 2.42. The second kappa shape index (κ2) is 9.71. The van der Waals surface area contributed by atoms with Gasteiger partial charge in [-0.3, -0.25) is 4.79 Å². The maximum atomic E-state index is 13.4. The zero-order valence-corrected chi connectivity index (χ0v) is 20.9. The van der Waals surface area contributed by atoms with E-state index in [-0.39, 0.29) is 5.78 Å². The molecule has 0 unspecified atom stereocenters. The second-order valence-corrected chi connectivity index (χ2v) is 9.09. The summed E-state index contributed by atoms with van der Waals surface area (Å²) in [5.74, 6) is 2.06. The maximum absolute atomic E-state index is 13.4. The summed E-state index contributed by atoms with van der Waals surface area (Å²) in [7, 11) is 4.86. The number of methoxy groups -OCH3 is 3. The number of hydrogen-bond acceptors (Lipinski definition) is 7. The molecule has 5 aromatic rings. The van der Waals surface area contributed by atoms with Gasteiger partial charge in [0.05, 0.1) is 32.7 Å². The van der Waals surface area contributed by atoms with Crippen LogP contribution in [0.25, 0.3) is 32.6 Å². The molecule has 0 aliphatic heterocycles. The number of benzene rings is 3. The minimum absolute atomic E-state index is 0.148. The Labute approximate surface area is 212 Å². The lowest BCUT2D eigenvalue weighted by Gasteiger charge is -2.10. The highest BCUT2D eigenvalue weighted by molar-refractivity contribution is 7.21. The average molecular weight is 497 g/mol. The van der Waals surface area contributed by atoms with Gasteiger partial charge in [0.1, 0.15) is 27.0 Å². The van der Waals surface area contributed by atoms with Crippen LogP contribution in [0.3, 0.4) is 0 Å². The number of thiophene rings is 1. The molecule has 0 saturated carbocycles. The van der Waals surface area contributed by atoms with E-state index >= 15 is 0 Å². The summed E-state index contributed by atoms with van der Waals surface area (Å²) in [5, 5.41) is 0.763. The molecule has 0 aliphatic carbocycles. The molecule has 5 rings (SSSR count). The van der Waals surface area contributed by atoms with E-state index in [1.165, 1.54) is 11.3 Å². The van der Waals surface area contributed by atoms with Crippen LogP contribution in [0, 0.1) is 0 Å². The molecule has 2 aromatic heterocycles. The number of rotatable bonds is 7. The van der Waals surface area contributed by atoms with Gasteiger partial charge in [-0.25, -0.2) is 4.98 Å². The van der Waals surface area contributed by atoms with E-state index in [4.69, 9.17) is 24.9 Å². The first-order chi connectivity index (χ1) is 17.5. The summed E-state index contributed by atoms with van der Waals surface area (Å²) in [6, 6.07) is 24.5. The van der Waals surface area contributed by atoms with E-state index in [1.54, 1.807) is 45.6 Å². The molecule has 0 bridgehead atoms. The van der Waals surface area contributed by atoms with Crippen LogP contribution in [0.15, 0.2) is 78.9 Å². The lowest BCUT2D eigenvalue weighted by Crippen LogP contribution is -2.02. The minimum Gasteiger partial charge on any atom is -0.497 e. The number of fused-ring (bicyclic) bond motifs is 1. The van der Waals surface area contributed by atoms with Gasteiger partial charge in [0.15, 0.2) is 0 Å². The van der Waals surface area contributed by atoms with E-state index in [0.717, 1.165) is 39.3 Å². The Morgan fingerprint density at radius 1 is 0.750 bits per heavy atom. The lowest BCUT2D eigenvalue weighted by molar-refractivity contribution is 0.104. The summed E-state index contributed by atoms with van der Waals surface area (Å²) in [5.41, 5.74) is 11.2. The van der Waals surface area contributed by atoms with Crippen molar-refractivity contribution in [2.75, 3.05) is 27.1 Å². The number of hydrogen-bond donors (Lipinski definition) is 1. The molecule has 7 heteroatoms. The summed E-state index contributed by atoms with van der Waals surface area (Å²) in [6.45, 7) is 0. The molecule has 0 atom stereocenters. The third-order valence-electron chi connectivity index (χ3n) is 6.04. The Morgan fingerprint density at radius 2 is 1.25 bits per heavy atom. The second-order valence-electron chi connectivity index (χ2n) is 8.09. The number of ketones is 1. The number of nitrogen functional groups attached to an aromatic ring is 1. The van der Waals surface area contributed by atoms with Gasteiger partial charge in [0.2, 0.25) is 5.78 Å². The minimum atomic E-state index is -0.148. The highest BCUT2D eigenvalue weighted by atomic mass is 32.1. The Bertz CT molecular complexity index is 1540. The van der Waals surface area contributed by atoms with Crippen molar-refractivity contribution < 1.29 is 19.0 Å². The van der Waals surface area contributed by atoms with Crippen molar-refractivity contribution in [1.29, 1.82) is 0 Å². The molecule has 0 saturated heterocycles. The largest absolute Gasteiger partial charge is 0.497 e. The Morgan fingerprint density at radius 3 is 1.78 bits per heavy atom. The summed E-state index contributed by atoms with van der Waals surface area (Å²) < 4.78 is 15.8. The number of pyridine rings is 1. The molecular weight excluding hydrogens is 472 g/mol. The van der Waals surface area contributed by atoms with Crippen molar-refractivity contribution in [3.8, 4) is 39.6 Å². The average Bonchev–Trinajstić information content (AvgIpc) is 3.28. The quantitative estimate of drug-likeness (QED) is 0.260. The molecule has 0 fully saturated rings. The van der Waals surface area contributed by atoms with Crippen LogP contribution >= 0.6 is 11.3 Å². The van der Waals surface area contributed by atoms with Crippen molar-refractivity contribution >= 4 is 33.0 Å². The van der Waals surface area contributed by atoms with Crippen LogP contribution in [0.2, 0.25) is 0 Å². The molecule has 6 nitrogen and oxygen atoms in total. The number of ether oxygens (including phenoxy) is 3. The fourth-order valence-corrected chi connectivity index (χ4v) is 5.15. The van der Waals surface area contributed by atoms with Crippen molar-refractivity contribution in [2.45, 2.75) is 0 Å². The normalized spacial score (nSPS) is 10.9. The molecule has 2 N–H and O–H groups in total. The third kappa shape index (κ3) is 4.25. The van der Waals surface area contributed by atoms with E-state index in [2.05, 4.69) is 0 Å². The Kier molecular flexibility index (Phi) is 6.31. The predicted octanol–water partition coefficient (Wildman–Crippen LogP) is 6.47. The number of anilines is 1. The van der Waals surface area contributed by atoms with Crippen LogP contribution in [0.1, 0.15) is 15.2 Å². The van der Waals surface area contributed by atoms with Crippen LogP contribution in [0.4, 0.5) is 5.69 Å². The predicted molar refractivity (Wildman–Crippen MR) is 144 cm³/mol. The first kappa shape index (κ1) is 23.4. The van der Waals surface area contributed by atoms with E-state index in [9.17, 15) is 4.79 Å². The molecule has 0 amide bonds. The van der Waals surface area contributed by atoms with E-state index in [1.807, 2.05) is 54.6 Å². The van der Waals surface area contributed by atoms with Gasteiger partial charge < -0.3 is 19.9 Å². The SMILES string of the molecule is COc1ccc(C(=O)c2sc3nc(-c4ccc(OC)cc4)cc(-c4ccc(OC)cc4)c3c2N)cc1. The van der Waals surface area contributed by atoms with Gasteiger partial charge in [-0.2, -0.15) is 0 Å². The van der Waals surface area contributed by atoms with Gasteiger partial charge >= 0.3 is 0 Å². The summed E-state index contributed by atoms with van der Waals surface area (Å²) in [4.78, 5) is 19.5.